The number of para-hydroxylation sites is 1. The zero-order valence-corrected chi connectivity index (χ0v) is 15.8. The summed E-state index contributed by atoms with van der Waals surface area (Å²) < 4.78 is 11.6. The van der Waals surface area contributed by atoms with Crippen molar-refractivity contribution in [3.8, 4) is 17.4 Å². The number of ether oxygens (including phenoxy) is 2. The quantitative estimate of drug-likeness (QED) is 0.702. The fourth-order valence-corrected chi connectivity index (χ4v) is 3.21. The van der Waals surface area contributed by atoms with E-state index in [1.165, 1.54) is 6.07 Å². The maximum atomic E-state index is 12.5. The van der Waals surface area contributed by atoms with E-state index in [1.54, 1.807) is 4.90 Å². The van der Waals surface area contributed by atoms with Gasteiger partial charge in [-0.2, -0.15) is 0 Å². The Morgan fingerprint density at radius 1 is 1.26 bits per heavy atom. The lowest BCUT2D eigenvalue weighted by Gasteiger charge is -2.23. The Hall–Kier alpha value is -2.60. The maximum Gasteiger partial charge on any atom is 0.415 e. The lowest BCUT2D eigenvalue weighted by molar-refractivity contribution is 0.155. The second kappa shape index (κ2) is 7.56. The van der Waals surface area contributed by atoms with Crippen molar-refractivity contribution < 1.29 is 14.3 Å². The minimum atomic E-state index is -0.458. The topological polar surface area (TPSA) is 64.6 Å². The molecular formula is C20H20ClN3O3. The van der Waals surface area contributed by atoms with Crippen molar-refractivity contribution in [1.82, 2.24) is 15.1 Å². The van der Waals surface area contributed by atoms with Crippen LogP contribution < -0.4 is 9.47 Å². The molecule has 1 aliphatic heterocycles. The monoisotopic (exact) mass is 385 g/mol. The molecule has 2 heterocycles. The summed E-state index contributed by atoms with van der Waals surface area (Å²) in [4.78, 5) is 14.1. The standard InChI is InChI=1S/C20H20ClN3O3/c1-13-6-5-7-15(14-8-9-14)18(13)27-19-16(12-17(21)22-23-19)26-20(25)24-10-3-2-4-11-24/h2-3,5-7,12,14H,4,8-11H2,1H3. The first kappa shape index (κ1) is 17.8. The van der Waals surface area contributed by atoms with E-state index in [-0.39, 0.29) is 16.8 Å². The van der Waals surface area contributed by atoms with Crippen LogP contribution in [-0.4, -0.2) is 34.3 Å². The van der Waals surface area contributed by atoms with Crippen LogP contribution in [0.15, 0.2) is 36.4 Å². The van der Waals surface area contributed by atoms with E-state index >= 15 is 0 Å². The molecule has 0 unspecified atom stereocenters. The first-order chi connectivity index (χ1) is 13.1. The van der Waals surface area contributed by atoms with Crippen LogP contribution in [0.4, 0.5) is 4.79 Å². The predicted octanol–water partition coefficient (Wildman–Crippen LogP) is 4.87. The Kier molecular flexibility index (Phi) is 4.99. The molecule has 0 saturated heterocycles. The lowest BCUT2D eigenvalue weighted by atomic mass is 10.1. The molecule has 0 N–H and O–H groups in total. The van der Waals surface area contributed by atoms with Gasteiger partial charge in [0.2, 0.25) is 0 Å². The fraction of sp³-hybridized carbons (Fsp3) is 0.350. The van der Waals surface area contributed by atoms with Crippen molar-refractivity contribution in [3.05, 3.63) is 52.7 Å². The summed E-state index contributed by atoms with van der Waals surface area (Å²) in [5.74, 6) is 1.55. The highest BCUT2D eigenvalue weighted by atomic mass is 35.5. The first-order valence-electron chi connectivity index (χ1n) is 9.04. The van der Waals surface area contributed by atoms with Crippen LogP contribution in [0.1, 0.15) is 36.3 Å². The number of rotatable bonds is 4. The third-order valence-electron chi connectivity index (χ3n) is 4.67. The number of hydrogen-bond donors (Lipinski definition) is 0. The highest BCUT2D eigenvalue weighted by Gasteiger charge is 2.28. The highest BCUT2D eigenvalue weighted by Crippen LogP contribution is 2.46. The molecule has 1 aromatic carbocycles. The smallest absolute Gasteiger partial charge is 0.415 e. The molecule has 0 radical (unpaired) electrons. The van der Waals surface area contributed by atoms with Gasteiger partial charge in [-0.1, -0.05) is 42.0 Å². The molecule has 2 aliphatic rings. The molecule has 0 spiro atoms. The van der Waals surface area contributed by atoms with Crippen molar-refractivity contribution in [2.24, 2.45) is 0 Å². The number of carbonyl (C=O) groups excluding carboxylic acids is 1. The SMILES string of the molecule is Cc1cccc(C2CC2)c1Oc1nnc(Cl)cc1OC(=O)N1CC=CCC1. The molecule has 6 nitrogen and oxygen atoms in total. The minimum Gasteiger partial charge on any atom is -0.434 e. The molecule has 0 bridgehead atoms. The van der Waals surface area contributed by atoms with Crippen molar-refractivity contribution in [1.29, 1.82) is 0 Å². The predicted molar refractivity (Wildman–Crippen MR) is 102 cm³/mol. The number of nitrogens with zero attached hydrogens (tertiary/aromatic N) is 3. The van der Waals surface area contributed by atoms with E-state index in [1.807, 2.05) is 31.2 Å². The highest BCUT2D eigenvalue weighted by molar-refractivity contribution is 6.29. The summed E-state index contributed by atoms with van der Waals surface area (Å²) in [6.07, 6.45) is 6.63. The molecule has 1 aliphatic carbocycles. The third-order valence-corrected chi connectivity index (χ3v) is 4.85. The lowest BCUT2D eigenvalue weighted by Crippen LogP contribution is -2.36. The van der Waals surface area contributed by atoms with Crippen LogP contribution in [0, 0.1) is 6.92 Å². The molecule has 1 aromatic heterocycles. The van der Waals surface area contributed by atoms with Gasteiger partial charge in [-0.05, 0) is 43.2 Å². The molecule has 0 atom stereocenters. The first-order valence-corrected chi connectivity index (χ1v) is 9.42. The minimum absolute atomic E-state index is 0.135. The molecule has 140 valence electrons. The van der Waals surface area contributed by atoms with Gasteiger partial charge in [-0.3, -0.25) is 0 Å². The van der Waals surface area contributed by atoms with Crippen LogP contribution in [0.25, 0.3) is 0 Å². The largest absolute Gasteiger partial charge is 0.434 e. The van der Waals surface area contributed by atoms with Gasteiger partial charge >= 0.3 is 6.09 Å². The van der Waals surface area contributed by atoms with Gasteiger partial charge in [-0.15, -0.1) is 10.2 Å². The number of carbonyl (C=O) groups is 1. The number of halogens is 1. The zero-order chi connectivity index (χ0) is 18.8. The molecule has 1 amide bonds. The van der Waals surface area contributed by atoms with E-state index in [4.69, 9.17) is 21.1 Å². The van der Waals surface area contributed by atoms with Crippen LogP contribution in [0.2, 0.25) is 5.15 Å². The van der Waals surface area contributed by atoms with E-state index in [9.17, 15) is 4.79 Å². The third kappa shape index (κ3) is 4.06. The maximum absolute atomic E-state index is 12.5. The molecule has 7 heteroatoms. The molecule has 27 heavy (non-hydrogen) atoms. The summed E-state index contributed by atoms with van der Waals surface area (Å²) >= 11 is 5.97. The number of hydrogen-bond acceptors (Lipinski definition) is 5. The van der Waals surface area contributed by atoms with E-state index in [2.05, 4.69) is 16.3 Å². The van der Waals surface area contributed by atoms with E-state index in [0.717, 1.165) is 36.1 Å². The molecular weight excluding hydrogens is 366 g/mol. The van der Waals surface area contributed by atoms with Crippen LogP contribution in [0.3, 0.4) is 0 Å². The summed E-state index contributed by atoms with van der Waals surface area (Å²) in [6.45, 7) is 3.11. The molecule has 4 rings (SSSR count). The average Bonchev–Trinajstić information content (AvgIpc) is 3.51. The van der Waals surface area contributed by atoms with Gasteiger partial charge in [-0.25, -0.2) is 4.79 Å². The summed E-state index contributed by atoms with van der Waals surface area (Å²) in [5, 5.41) is 8.00. The van der Waals surface area contributed by atoms with Crippen LogP contribution in [-0.2, 0) is 0 Å². The van der Waals surface area contributed by atoms with Crippen molar-refractivity contribution >= 4 is 17.7 Å². The van der Waals surface area contributed by atoms with Gasteiger partial charge in [0.05, 0.1) is 0 Å². The Labute approximate surface area is 162 Å². The van der Waals surface area contributed by atoms with E-state index < -0.39 is 6.09 Å². The number of amides is 1. The number of aromatic nitrogens is 2. The Morgan fingerprint density at radius 3 is 2.85 bits per heavy atom. The Morgan fingerprint density at radius 2 is 2.11 bits per heavy atom. The second-order valence-electron chi connectivity index (χ2n) is 6.78. The van der Waals surface area contributed by atoms with Crippen molar-refractivity contribution in [2.75, 3.05) is 13.1 Å². The van der Waals surface area contributed by atoms with Crippen LogP contribution >= 0.6 is 11.6 Å². The molecule has 1 saturated carbocycles. The number of benzene rings is 1. The van der Waals surface area contributed by atoms with Gasteiger partial charge < -0.3 is 14.4 Å². The van der Waals surface area contributed by atoms with E-state index in [0.29, 0.717) is 19.0 Å². The second-order valence-corrected chi connectivity index (χ2v) is 7.17. The summed E-state index contributed by atoms with van der Waals surface area (Å²) in [5.41, 5.74) is 2.14. The number of aryl methyl sites for hydroxylation is 1. The zero-order valence-electron chi connectivity index (χ0n) is 15.0. The van der Waals surface area contributed by atoms with Crippen molar-refractivity contribution in [2.45, 2.75) is 32.1 Å². The molecule has 1 fully saturated rings. The average molecular weight is 386 g/mol. The summed E-state index contributed by atoms with van der Waals surface area (Å²) in [7, 11) is 0. The Balaban J connectivity index is 1.60. The van der Waals surface area contributed by atoms with Crippen molar-refractivity contribution in [3.63, 3.8) is 0 Å². The van der Waals surface area contributed by atoms with Gasteiger partial charge in [0.15, 0.2) is 10.9 Å². The Bertz CT molecular complexity index is 896. The normalized spacial score (nSPS) is 16.3. The van der Waals surface area contributed by atoms with Gasteiger partial charge in [0, 0.05) is 19.2 Å². The summed E-state index contributed by atoms with van der Waals surface area (Å²) in [6, 6.07) is 7.52. The molecule has 2 aromatic rings. The van der Waals surface area contributed by atoms with Gasteiger partial charge in [0.1, 0.15) is 5.75 Å². The van der Waals surface area contributed by atoms with Crippen LogP contribution in [0.5, 0.6) is 17.4 Å². The van der Waals surface area contributed by atoms with Gasteiger partial charge in [0.25, 0.3) is 5.88 Å². The fourth-order valence-electron chi connectivity index (χ4n) is 3.08.